The van der Waals surface area contributed by atoms with Crippen molar-refractivity contribution in [3.63, 3.8) is 0 Å². The number of ether oxygens (including phenoxy) is 1. The lowest BCUT2D eigenvalue weighted by atomic mass is 10.1. The average Bonchev–Trinajstić information content (AvgIpc) is 3.07. The molecule has 1 aliphatic rings. The van der Waals surface area contributed by atoms with Crippen molar-refractivity contribution in [2.75, 3.05) is 24.7 Å². The smallest absolute Gasteiger partial charge is 0.151 e. The molecular formula is C21H24ClNO5S. The van der Waals surface area contributed by atoms with E-state index < -0.39 is 15.9 Å². The van der Waals surface area contributed by atoms with E-state index in [1.54, 1.807) is 30.3 Å². The van der Waals surface area contributed by atoms with E-state index in [2.05, 4.69) is 0 Å². The van der Waals surface area contributed by atoms with Crippen molar-refractivity contribution < 1.29 is 23.1 Å². The third-order valence-electron chi connectivity index (χ3n) is 4.94. The van der Waals surface area contributed by atoms with Crippen LogP contribution in [0, 0.1) is 0 Å². The van der Waals surface area contributed by atoms with Gasteiger partial charge in [0.15, 0.2) is 9.84 Å². The highest BCUT2D eigenvalue weighted by Crippen LogP contribution is 2.23. The van der Waals surface area contributed by atoms with Gasteiger partial charge in [-0.05, 0) is 30.2 Å². The van der Waals surface area contributed by atoms with Gasteiger partial charge in [0, 0.05) is 29.7 Å². The Labute approximate surface area is 176 Å². The molecule has 2 unspecified atom stereocenters. The monoisotopic (exact) mass is 437 g/mol. The zero-order valence-corrected chi connectivity index (χ0v) is 17.5. The van der Waals surface area contributed by atoms with Gasteiger partial charge in [-0.15, -0.1) is 0 Å². The first-order valence-corrected chi connectivity index (χ1v) is 11.6. The Morgan fingerprint density at radius 2 is 2.03 bits per heavy atom. The van der Waals surface area contributed by atoms with Crippen LogP contribution in [0.3, 0.4) is 0 Å². The molecule has 156 valence electrons. The van der Waals surface area contributed by atoms with E-state index in [-0.39, 0.29) is 30.7 Å². The van der Waals surface area contributed by atoms with Gasteiger partial charge in [-0.2, -0.15) is 0 Å². The summed E-state index contributed by atoms with van der Waals surface area (Å²) in [6, 6.07) is 13.9. The molecule has 0 aliphatic carbocycles. The van der Waals surface area contributed by atoms with Crippen LogP contribution in [0.15, 0.2) is 48.5 Å². The number of sulfone groups is 1. The highest BCUT2D eigenvalue weighted by Gasteiger charge is 2.33. The van der Waals surface area contributed by atoms with Crippen molar-refractivity contribution in [3.8, 4) is 5.75 Å². The molecule has 2 atom stereocenters. The Hall–Kier alpha value is -1.93. The van der Waals surface area contributed by atoms with Crippen LogP contribution in [0.4, 0.5) is 0 Å². The maximum Gasteiger partial charge on any atom is 0.151 e. The minimum absolute atomic E-state index is 0.0286. The maximum absolute atomic E-state index is 12.0. The zero-order valence-electron chi connectivity index (χ0n) is 15.9. The highest BCUT2D eigenvalue weighted by molar-refractivity contribution is 7.91. The number of aliphatic hydroxyl groups excluding tert-OH is 1. The first kappa shape index (κ1) is 21.8. The average molecular weight is 438 g/mol. The van der Waals surface area contributed by atoms with Gasteiger partial charge in [0.05, 0.1) is 11.5 Å². The van der Waals surface area contributed by atoms with E-state index in [1.807, 2.05) is 23.1 Å². The number of aldehydes is 1. The normalized spacial score (nSPS) is 19.2. The first-order valence-electron chi connectivity index (χ1n) is 9.40. The zero-order chi connectivity index (χ0) is 20.9. The van der Waals surface area contributed by atoms with Crippen molar-refractivity contribution in [2.24, 2.45) is 0 Å². The minimum Gasteiger partial charge on any atom is -0.491 e. The molecule has 6 nitrogen and oxygen atoms in total. The summed E-state index contributed by atoms with van der Waals surface area (Å²) in [7, 11) is -3.06. The Bertz CT molecular complexity index is 950. The van der Waals surface area contributed by atoms with Crippen molar-refractivity contribution in [2.45, 2.75) is 25.1 Å². The Morgan fingerprint density at radius 3 is 2.72 bits per heavy atom. The molecule has 8 heteroatoms. The summed E-state index contributed by atoms with van der Waals surface area (Å²) in [5.41, 5.74) is 1.37. The number of halogens is 1. The molecule has 29 heavy (non-hydrogen) atoms. The fourth-order valence-corrected chi connectivity index (χ4v) is 5.40. The van der Waals surface area contributed by atoms with E-state index in [9.17, 15) is 18.3 Å². The molecule has 3 rings (SSSR count). The van der Waals surface area contributed by atoms with Crippen molar-refractivity contribution in [3.05, 3.63) is 64.7 Å². The van der Waals surface area contributed by atoms with Crippen LogP contribution >= 0.6 is 11.6 Å². The molecular weight excluding hydrogens is 414 g/mol. The Balaban J connectivity index is 1.66. The predicted octanol–water partition coefficient (Wildman–Crippen LogP) is 2.58. The number of hydrogen-bond donors (Lipinski definition) is 1. The van der Waals surface area contributed by atoms with Gasteiger partial charge in [0.1, 0.15) is 24.7 Å². The lowest BCUT2D eigenvalue weighted by Gasteiger charge is -2.30. The molecule has 1 fully saturated rings. The van der Waals surface area contributed by atoms with E-state index in [0.717, 1.165) is 11.8 Å². The summed E-state index contributed by atoms with van der Waals surface area (Å²) in [4.78, 5) is 12.8. The van der Waals surface area contributed by atoms with Gasteiger partial charge >= 0.3 is 0 Å². The third kappa shape index (κ3) is 6.27. The maximum atomic E-state index is 12.0. The second-order valence-electron chi connectivity index (χ2n) is 7.23. The van der Waals surface area contributed by atoms with Crippen LogP contribution in [0.5, 0.6) is 5.75 Å². The van der Waals surface area contributed by atoms with E-state index in [0.29, 0.717) is 29.3 Å². The first-order chi connectivity index (χ1) is 13.9. The van der Waals surface area contributed by atoms with E-state index in [4.69, 9.17) is 16.3 Å². The fourth-order valence-electron chi connectivity index (χ4n) is 3.44. The molecule has 1 aliphatic heterocycles. The molecule has 1 heterocycles. The second-order valence-corrected chi connectivity index (χ2v) is 9.87. The summed E-state index contributed by atoms with van der Waals surface area (Å²) in [5.74, 6) is 0.725. The van der Waals surface area contributed by atoms with Crippen LogP contribution in [-0.4, -0.2) is 61.5 Å². The van der Waals surface area contributed by atoms with Gasteiger partial charge in [-0.1, -0.05) is 41.9 Å². The number of benzene rings is 2. The predicted molar refractivity (Wildman–Crippen MR) is 112 cm³/mol. The van der Waals surface area contributed by atoms with Crippen LogP contribution in [0.25, 0.3) is 0 Å². The van der Waals surface area contributed by atoms with Gasteiger partial charge in [0.2, 0.25) is 0 Å². The molecule has 1 saturated heterocycles. The number of carbonyl (C=O) groups is 1. The van der Waals surface area contributed by atoms with Crippen LogP contribution in [0.1, 0.15) is 22.3 Å². The topological polar surface area (TPSA) is 83.9 Å². The SMILES string of the molecule is O=Cc1cccc(OCC(O)CN(Cc2ccccc2Cl)C2CCS(=O)(=O)C2)c1. The lowest BCUT2D eigenvalue weighted by molar-refractivity contribution is 0.0525. The fraction of sp³-hybridized carbons (Fsp3) is 0.381. The molecule has 0 aromatic heterocycles. The van der Waals surface area contributed by atoms with Crippen LogP contribution in [0.2, 0.25) is 5.02 Å². The van der Waals surface area contributed by atoms with Crippen molar-refractivity contribution >= 4 is 27.7 Å². The molecule has 0 radical (unpaired) electrons. The molecule has 1 N–H and O–H groups in total. The lowest BCUT2D eigenvalue weighted by Crippen LogP contribution is -2.42. The molecule has 0 spiro atoms. The number of nitrogens with zero attached hydrogens (tertiary/aromatic N) is 1. The quantitative estimate of drug-likeness (QED) is 0.607. The molecule has 0 bridgehead atoms. The van der Waals surface area contributed by atoms with Gasteiger partial charge in [-0.3, -0.25) is 9.69 Å². The second kappa shape index (κ2) is 9.71. The van der Waals surface area contributed by atoms with Gasteiger partial charge in [0.25, 0.3) is 0 Å². The van der Waals surface area contributed by atoms with Crippen LogP contribution in [-0.2, 0) is 16.4 Å². The summed E-state index contributed by atoms with van der Waals surface area (Å²) < 4.78 is 29.5. The summed E-state index contributed by atoms with van der Waals surface area (Å²) in [6.45, 7) is 0.719. The van der Waals surface area contributed by atoms with E-state index in [1.165, 1.54) is 0 Å². The Kier molecular flexibility index (Phi) is 7.29. The largest absolute Gasteiger partial charge is 0.491 e. The summed E-state index contributed by atoms with van der Waals surface area (Å²) >= 11 is 6.28. The number of rotatable bonds is 9. The highest BCUT2D eigenvalue weighted by atomic mass is 35.5. The molecule has 0 saturated carbocycles. The van der Waals surface area contributed by atoms with Crippen molar-refractivity contribution in [1.82, 2.24) is 4.90 Å². The third-order valence-corrected chi connectivity index (χ3v) is 7.06. The molecule has 2 aromatic carbocycles. The molecule has 0 amide bonds. The Morgan fingerprint density at radius 1 is 1.24 bits per heavy atom. The summed E-state index contributed by atoms with van der Waals surface area (Å²) in [6.07, 6.45) is 0.428. The molecule has 2 aromatic rings. The minimum atomic E-state index is -3.06. The van der Waals surface area contributed by atoms with Crippen LogP contribution < -0.4 is 4.74 Å². The summed E-state index contributed by atoms with van der Waals surface area (Å²) in [5, 5.41) is 11.1. The number of carbonyl (C=O) groups excluding carboxylic acids is 1. The van der Waals surface area contributed by atoms with Crippen molar-refractivity contribution in [1.29, 1.82) is 0 Å². The standard InChI is InChI=1S/C21H24ClNO5S/c22-21-7-2-1-5-17(21)11-23(18-8-9-29(26,27)15-18)12-19(25)14-28-20-6-3-4-16(10-20)13-24/h1-7,10,13,18-19,25H,8-9,11-12,14-15H2. The number of aliphatic hydroxyl groups is 1. The van der Waals surface area contributed by atoms with Gasteiger partial charge in [-0.25, -0.2) is 8.42 Å². The van der Waals surface area contributed by atoms with Gasteiger partial charge < -0.3 is 9.84 Å². The number of hydrogen-bond acceptors (Lipinski definition) is 6. The van der Waals surface area contributed by atoms with E-state index >= 15 is 0 Å².